The van der Waals surface area contributed by atoms with Crippen molar-refractivity contribution in [1.29, 1.82) is 0 Å². The maximum Gasteiger partial charge on any atom is 0.303 e. The highest BCUT2D eigenvalue weighted by Crippen LogP contribution is 2.22. The van der Waals surface area contributed by atoms with E-state index in [-0.39, 0.29) is 18.4 Å². The molecule has 1 aromatic heterocycles. The zero-order chi connectivity index (χ0) is 13.0. The first-order valence-corrected chi connectivity index (χ1v) is 6.72. The van der Waals surface area contributed by atoms with Crippen LogP contribution in [0.25, 0.3) is 0 Å². The Morgan fingerprint density at radius 1 is 1.50 bits per heavy atom. The molecule has 0 bridgehead atoms. The third-order valence-electron chi connectivity index (χ3n) is 3.16. The van der Waals surface area contributed by atoms with Crippen molar-refractivity contribution >= 4 is 23.6 Å². The van der Waals surface area contributed by atoms with Gasteiger partial charge in [-0.2, -0.15) is 8.75 Å². The van der Waals surface area contributed by atoms with E-state index in [1.807, 2.05) is 0 Å². The Hall–Kier alpha value is -1.50. The number of likely N-dealkylation sites (tertiary alicyclic amines) is 1. The third-order valence-corrected chi connectivity index (χ3v) is 3.64. The Morgan fingerprint density at radius 3 is 3.00 bits per heavy atom. The molecule has 1 fully saturated rings. The van der Waals surface area contributed by atoms with E-state index in [0.717, 1.165) is 31.0 Å². The van der Waals surface area contributed by atoms with Gasteiger partial charge in [-0.25, -0.2) is 0 Å². The fourth-order valence-electron chi connectivity index (χ4n) is 2.26. The molecule has 0 radical (unpaired) electrons. The topological polar surface area (TPSA) is 83.4 Å². The summed E-state index contributed by atoms with van der Waals surface area (Å²) >= 11 is 1.01. The highest BCUT2D eigenvalue weighted by atomic mass is 32.1. The summed E-state index contributed by atoms with van der Waals surface area (Å²) in [6.45, 7) is 0.681. The summed E-state index contributed by atoms with van der Waals surface area (Å²) in [5, 5.41) is 8.73. The molecule has 7 heteroatoms. The number of aliphatic carboxylic acids is 1. The van der Waals surface area contributed by atoms with Crippen LogP contribution in [0, 0.1) is 0 Å². The Morgan fingerprint density at radius 2 is 2.33 bits per heavy atom. The highest BCUT2D eigenvalue weighted by molar-refractivity contribution is 6.99. The Balaban J connectivity index is 2.03. The van der Waals surface area contributed by atoms with Crippen LogP contribution < -0.4 is 0 Å². The molecule has 1 atom stereocenters. The van der Waals surface area contributed by atoms with E-state index >= 15 is 0 Å². The van der Waals surface area contributed by atoms with Crippen LogP contribution in [0.4, 0.5) is 0 Å². The Labute approximate surface area is 109 Å². The highest BCUT2D eigenvalue weighted by Gasteiger charge is 2.28. The molecular formula is C11H15N3O3S. The second kappa shape index (κ2) is 5.90. The monoisotopic (exact) mass is 269 g/mol. The maximum absolute atomic E-state index is 12.2. The summed E-state index contributed by atoms with van der Waals surface area (Å²) in [7, 11) is 0. The van der Waals surface area contributed by atoms with Crippen molar-refractivity contribution in [3.8, 4) is 0 Å². The first-order chi connectivity index (χ1) is 8.68. The van der Waals surface area contributed by atoms with Crippen molar-refractivity contribution in [3.63, 3.8) is 0 Å². The lowest BCUT2D eigenvalue weighted by Gasteiger charge is -2.35. The van der Waals surface area contributed by atoms with Crippen molar-refractivity contribution in [2.75, 3.05) is 6.54 Å². The summed E-state index contributed by atoms with van der Waals surface area (Å²) in [6, 6.07) is 0.0176. The van der Waals surface area contributed by atoms with E-state index in [4.69, 9.17) is 5.11 Å². The molecule has 1 amide bonds. The largest absolute Gasteiger partial charge is 0.481 e. The van der Waals surface area contributed by atoms with Gasteiger partial charge in [0.15, 0.2) is 5.69 Å². The molecule has 1 aromatic rings. The zero-order valence-corrected chi connectivity index (χ0v) is 10.7. The predicted molar refractivity (Wildman–Crippen MR) is 65.5 cm³/mol. The van der Waals surface area contributed by atoms with Crippen LogP contribution >= 0.6 is 11.7 Å². The van der Waals surface area contributed by atoms with Crippen LogP contribution in [-0.4, -0.2) is 43.2 Å². The summed E-state index contributed by atoms with van der Waals surface area (Å²) < 4.78 is 7.77. The minimum Gasteiger partial charge on any atom is -0.481 e. The number of aromatic nitrogens is 2. The smallest absolute Gasteiger partial charge is 0.303 e. The van der Waals surface area contributed by atoms with Crippen LogP contribution in [0.1, 0.15) is 42.6 Å². The van der Waals surface area contributed by atoms with Gasteiger partial charge >= 0.3 is 5.97 Å². The lowest BCUT2D eigenvalue weighted by atomic mass is 9.97. The van der Waals surface area contributed by atoms with E-state index in [9.17, 15) is 9.59 Å². The second-order valence-electron chi connectivity index (χ2n) is 4.37. The quantitative estimate of drug-likeness (QED) is 0.893. The van der Waals surface area contributed by atoms with E-state index in [1.54, 1.807) is 4.90 Å². The summed E-state index contributed by atoms with van der Waals surface area (Å²) in [6.07, 6.45) is 4.96. The van der Waals surface area contributed by atoms with Crippen LogP contribution in [0.5, 0.6) is 0 Å². The molecular weight excluding hydrogens is 254 g/mol. The number of carboxylic acid groups (broad SMARTS) is 1. The zero-order valence-electron chi connectivity index (χ0n) is 9.91. The predicted octanol–water partition coefficient (Wildman–Crippen LogP) is 1.40. The van der Waals surface area contributed by atoms with Gasteiger partial charge < -0.3 is 10.0 Å². The van der Waals surface area contributed by atoms with E-state index in [1.165, 1.54) is 6.20 Å². The fourth-order valence-corrected chi connectivity index (χ4v) is 2.67. The maximum atomic E-state index is 12.2. The second-order valence-corrected chi connectivity index (χ2v) is 4.93. The molecule has 0 saturated carbocycles. The molecule has 0 aliphatic carbocycles. The minimum atomic E-state index is -0.816. The first-order valence-electron chi connectivity index (χ1n) is 5.99. The van der Waals surface area contributed by atoms with Gasteiger partial charge in [0.25, 0.3) is 5.91 Å². The van der Waals surface area contributed by atoms with Crippen molar-refractivity contribution in [3.05, 3.63) is 11.9 Å². The normalized spacial score (nSPS) is 19.8. The number of nitrogens with zero attached hydrogens (tertiary/aromatic N) is 3. The number of amides is 1. The van der Waals surface area contributed by atoms with E-state index < -0.39 is 5.97 Å². The number of hydrogen-bond acceptors (Lipinski definition) is 5. The van der Waals surface area contributed by atoms with E-state index in [0.29, 0.717) is 18.7 Å². The lowest BCUT2D eigenvalue weighted by molar-refractivity contribution is -0.137. The molecule has 18 heavy (non-hydrogen) atoms. The van der Waals surface area contributed by atoms with E-state index in [2.05, 4.69) is 8.75 Å². The average molecular weight is 269 g/mol. The molecule has 98 valence electrons. The molecule has 0 spiro atoms. The molecule has 2 heterocycles. The molecule has 1 saturated heterocycles. The first kappa shape index (κ1) is 12.9. The van der Waals surface area contributed by atoms with Crippen molar-refractivity contribution in [2.45, 2.75) is 38.1 Å². The van der Waals surface area contributed by atoms with Gasteiger partial charge in [0.1, 0.15) is 0 Å². The molecule has 1 aliphatic heterocycles. The number of carbonyl (C=O) groups excluding carboxylic acids is 1. The standard InChI is InChI=1S/C11H15N3O3S/c15-10(16)5-4-8-3-1-2-6-14(8)11(17)9-7-12-18-13-9/h7-8H,1-6H2,(H,15,16)/t8-/m0/s1. The number of hydrogen-bond donors (Lipinski definition) is 1. The van der Waals surface area contributed by atoms with Gasteiger partial charge in [0.2, 0.25) is 0 Å². The van der Waals surface area contributed by atoms with Crippen LogP contribution in [0.15, 0.2) is 6.20 Å². The third kappa shape index (κ3) is 3.04. The van der Waals surface area contributed by atoms with Gasteiger partial charge in [-0.05, 0) is 25.7 Å². The minimum absolute atomic E-state index is 0.0176. The van der Waals surface area contributed by atoms with Crippen molar-refractivity contribution < 1.29 is 14.7 Å². The molecule has 2 rings (SSSR count). The summed E-state index contributed by atoms with van der Waals surface area (Å²) in [4.78, 5) is 24.6. The van der Waals surface area contributed by atoms with Crippen molar-refractivity contribution in [2.24, 2.45) is 0 Å². The van der Waals surface area contributed by atoms with Gasteiger partial charge in [-0.15, -0.1) is 0 Å². The van der Waals surface area contributed by atoms with Gasteiger partial charge in [-0.1, -0.05) is 0 Å². The number of carboxylic acids is 1. The molecule has 6 nitrogen and oxygen atoms in total. The van der Waals surface area contributed by atoms with Crippen molar-refractivity contribution in [1.82, 2.24) is 13.6 Å². The summed E-state index contributed by atoms with van der Waals surface area (Å²) in [5.41, 5.74) is 0.363. The Bertz CT molecular complexity index is 421. The number of carbonyl (C=O) groups is 2. The molecule has 1 N–H and O–H groups in total. The van der Waals surface area contributed by atoms with Crippen LogP contribution in [-0.2, 0) is 4.79 Å². The SMILES string of the molecule is O=C(O)CC[C@@H]1CCCCN1C(=O)c1cnsn1. The number of rotatable bonds is 4. The summed E-state index contributed by atoms with van der Waals surface area (Å²) in [5.74, 6) is -0.942. The van der Waals surface area contributed by atoms with Crippen LogP contribution in [0.3, 0.4) is 0 Å². The Kier molecular flexibility index (Phi) is 4.24. The number of piperidine rings is 1. The lowest BCUT2D eigenvalue weighted by Crippen LogP contribution is -2.44. The molecule has 0 unspecified atom stereocenters. The van der Waals surface area contributed by atoms with Gasteiger partial charge in [-0.3, -0.25) is 9.59 Å². The van der Waals surface area contributed by atoms with Gasteiger partial charge in [0, 0.05) is 19.0 Å². The molecule has 0 aromatic carbocycles. The molecule has 1 aliphatic rings. The fraction of sp³-hybridized carbons (Fsp3) is 0.636. The average Bonchev–Trinajstić information content (AvgIpc) is 2.89. The van der Waals surface area contributed by atoms with Crippen LogP contribution in [0.2, 0.25) is 0 Å². The van der Waals surface area contributed by atoms with Gasteiger partial charge in [0.05, 0.1) is 17.9 Å².